The fourth-order valence-corrected chi connectivity index (χ4v) is 9.13. The lowest BCUT2D eigenvalue weighted by Crippen LogP contribution is -2.50. The SMILES string of the molecule is N[C@@H](CCC(=O)[C@H](Cc1ccccc1)NC(=O)[C@@H](CC(=O)CNC(=O)CC[C@@H](CC(=O)[C@H](Cc1ccccc1)NC(=O)CC[C@H](NC(=O)N[C@@H](CCC(=O)O)OC=O)C(=O)O)C(=O)O)Cc1ccccc1)C(=O)C[C@@H](CC(=O)O)C(=O)N[C@@H](CS)C(=O)O. The molecule has 3 rings (SSSR count). The number of ether oxygens (including phenoxy) is 1. The smallest absolute Gasteiger partial charge is 0.327 e. The van der Waals surface area contributed by atoms with Crippen molar-refractivity contribution in [1.29, 1.82) is 0 Å². The van der Waals surface area contributed by atoms with Crippen LogP contribution in [0.25, 0.3) is 0 Å². The van der Waals surface area contributed by atoms with Gasteiger partial charge in [0.1, 0.15) is 17.9 Å². The minimum atomic E-state index is -1.71. The molecule has 88 heavy (non-hydrogen) atoms. The largest absolute Gasteiger partial charge is 0.481 e. The van der Waals surface area contributed by atoms with Crippen molar-refractivity contribution >= 4 is 102 Å². The van der Waals surface area contributed by atoms with Gasteiger partial charge in [0.25, 0.3) is 6.47 Å². The highest BCUT2D eigenvalue weighted by atomic mass is 32.1. The number of aliphatic carboxylic acids is 5. The molecule has 0 saturated carbocycles. The zero-order valence-corrected chi connectivity index (χ0v) is 48.6. The fraction of sp³-hybridized carbons (Fsp3) is 0.441. The first-order chi connectivity index (χ1) is 41.8. The van der Waals surface area contributed by atoms with E-state index in [0.717, 1.165) is 0 Å². The van der Waals surface area contributed by atoms with Gasteiger partial charge in [0.05, 0.1) is 49.3 Å². The topological polar surface area (TPSA) is 465 Å². The van der Waals surface area contributed by atoms with Gasteiger partial charge in [-0.25, -0.2) is 14.4 Å². The number of carbonyl (C=O) groups excluding carboxylic acids is 10. The molecule has 476 valence electrons. The number of carboxylic acid groups (broad SMARTS) is 5. The van der Waals surface area contributed by atoms with Gasteiger partial charge < -0.3 is 67.9 Å². The Morgan fingerprint density at radius 3 is 1.49 bits per heavy atom. The number of hydrogen-bond donors (Lipinski definition) is 13. The van der Waals surface area contributed by atoms with Gasteiger partial charge in [0.2, 0.25) is 23.6 Å². The second kappa shape index (κ2) is 38.6. The third-order valence-corrected chi connectivity index (χ3v) is 14.1. The molecule has 0 saturated heterocycles. The molecule has 0 heterocycles. The second-order valence-corrected chi connectivity index (χ2v) is 20.9. The van der Waals surface area contributed by atoms with E-state index in [2.05, 4.69) is 49.3 Å². The number of nitrogens with one attached hydrogen (secondary N) is 6. The van der Waals surface area contributed by atoms with Gasteiger partial charge in [0.15, 0.2) is 23.6 Å². The molecule has 0 bridgehead atoms. The molecular formula is C59H73N7O21S. The molecule has 0 aliphatic rings. The molecule has 0 spiro atoms. The van der Waals surface area contributed by atoms with Crippen molar-refractivity contribution in [3.8, 4) is 0 Å². The van der Waals surface area contributed by atoms with Crippen molar-refractivity contribution in [3.05, 3.63) is 108 Å². The van der Waals surface area contributed by atoms with Gasteiger partial charge >= 0.3 is 35.9 Å². The maximum atomic E-state index is 14.2. The van der Waals surface area contributed by atoms with Crippen LogP contribution in [0.4, 0.5) is 4.79 Å². The van der Waals surface area contributed by atoms with Gasteiger partial charge in [-0.3, -0.25) is 57.5 Å². The van der Waals surface area contributed by atoms with E-state index in [1.54, 1.807) is 91.0 Å². The monoisotopic (exact) mass is 1250 g/mol. The summed E-state index contributed by atoms with van der Waals surface area (Å²) in [6.45, 7) is -0.669. The zero-order valence-electron chi connectivity index (χ0n) is 47.7. The van der Waals surface area contributed by atoms with Crippen molar-refractivity contribution < 1.29 is 102 Å². The van der Waals surface area contributed by atoms with Crippen molar-refractivity contribution in [3.63, 3.8) is 0 Å². The molecule has 6 amide bonds. The number of hydrogen-bond acceptors (Lipinski definition) is 18. The summed E-state index contributed by atoms with van der Waals surface area (Å²) >= 11 is 3.87. The van der Waals surface area contributed by atoms with Gasteiger partial charge in [0, 0.05) is 56.6 Å². The summed E-state index contributed by atoms with van der Waals surface area (Å²) in [6, 6.07) is 17.0. The first-order valence-electron chi connectivity index (χ1n) is 27.8. The molecule has 28 nitrogen and oxygen atoms in total. The average molecular weight is 1250 g/mol. The molecule has 9 atom stereocenters. The summed E-state index contributed by atoms with van der Waals surface area (Å²) in [5.74, 6) is -17.9. The summed E-state index contributed by atoms with van der Waals surface area (Å²) in [5.41, 5.74) is 7.94. The van der Waals surface area contributed by atoms with Crippen LogP contribution in [0.3, 0.4) is 0 Å². The van der Waals surface area contributed by atoms with E-state index in [1.807, 2.05) is 0 Å². The first-order valence-corrected chi connectivity index (χ1v) is 28.4. The third-order valence-electron chi connectivity index (χ3n) is 13.7. The molecule has 0 radical (unpaired) electrons. The normalized spacial score (nSPS) is 13.9. The van der Waals surface area contributed by atoms with E-state index in [-0.39, 0.29) is 50.8 Å². The highest BCUT2D eigenvalue weighted by Gasteiger charge is 2.34. The van der Waals surface area contributed by atoms with Crippen molar-refractivity contribution in [2.75, 3.05) is 12.3 Å². The van der Waals surface area contributed by atoms with Crippen LogP contribution in [0.5, 0.6) is 0 Å². The van der Waals surface area contributed by atoms with Crippen molar-refractivity contribution in [2.24, 2.45) is 23.5 Å². The Bertz CT molecular complexity index is 2920. The molecular weight excluding hydrogens is 1170 g/mol. The number of benzene rings is 3. The predicted molar refractivity (Wildman–Crippen MR) is 312 cm³/mol. The Labute approximate surface area is 510 Å². The summed E-state index contributed by atoms with van der Waals surface area (Å²) in [4.78, 5) is 190. The van der Waals surface area contributed by atoms with Gasteiger partial charge in [-0.15, -0.1) is 0 Å². The number of carboxylic acids is 5. The molecule has 3 aromatic carbocycles. The Morgan fingerprint density at radius 1 is 0.466 bits per heavy atom. The molecule has 0 aromatic heterocycles. The number of ketones is 4. The predicted octanol–water partition coefficient (Wildman–Crippen LogP) is 0.938. The molecule has 3 aromatic rings. The van der Waals surface area contributed by atoms with Crippen LogP contribution in [0.1, 0.15) is 93.7 Å². The number of urea groups is 1. The Kier molecular flexibility index (Phi) is 32.0. The van der Waals surface area contributed by atoms with E-state index < -0.39 is 201 Å². The molecule has 29 heteroatoms. The van der Waals surface area contributed by atoms with Crippen LogP contribution in [-0.2, 0) is 91.1 Å². The standard InChI is InChI=1S/C59H73N7O21S/c60-41(47(70)29-39(30-53(76)77)55(79)64-45(32-88)58(84)85)17-19-46(69)43(25-35-12-6-2-7-13-35)63-54(78)38(24-34-10-4-1-5-11-34)27-40(68)31-61-49(72)20-16-37(56(80)81)28-48(71)44(26-36-14-8-3-9-15-36)62-50(73)21-18-42(57(82)83)65-59(86)66-51(87-33-67)22-23-52(74)75/h1-15,33,37-39,41-45,51,88H,16-32,60H2,(H,61,72)(H,62,73)(H,63,78)(H,64,79)(H,74,75)(H,76,77)(H,80,81)(H,82,83)(H,84,85)(H2,65,66,86)/t37-,38+,39-,41-,42-,43-,44-,45-,51+/m0/s1. The second-order valence-electron chi connectivity index (χ2n) is 20.6. The Morgan fingerprint density at radius 2 is 0.977 bits per heavy atom. The molecule has 0 unspecified atom stereocenters. The molecule has 0 aliphatic heterocycles. The lowest BCUT2D eigenvalue weighted by Gasteiger charge is -2.23. The number of carbonyl (C=O) groups is 15. The Hall–Kier alpha value is -9.38. The van der Waals surface area contributed by atoms with E-state index in [0.29, 0.717) is 16.7 Å². The highest BCUT2D eigenvalue weighted by Crippen LogP contribution is 2.20. The molecule has 13 N–H and O–H groups in total. The highest BCUT2D eigenvalue weighted by molar-refractivity contribution is 7.80. The maximum absolute atomic E-state index is 14.2. The number of nitrogens with two attached hydrogens (primary N) is 1. The average Bonchev–Trinajstić information content (AvgIpc) is 3.56. The van der Waals surface area contributed by atoms with Gasteiger partial charge in [-0.2, -0.15) is 12.6 Å². The lowest BCUT2D eigenvalue weighted by atomic mass is 9.90. The molecule has 0 aliphatic carbocycles. The summed E-state index contributed by atoms with van der Waals surface area (Å²) in [5, 5.41) is 61.5. The van der Waals surface area contributed by atoms with Crippen LogP contribution in [0.15, 0.2) is 91.0 Å². The van der Waals surface area contributed by atoms with E-state index in [9.17, 15) is 92.3 Å². The van der Waals surface area contributed by atoms with E-state index in [4.69, 9.17) is 10.8 Å². The van der Waals surface area contributed by atoms with Crippen LogP contribution >= 0.6 is 12.6 Å². The van der Waals surface area contributed by atoms with Crippen LogP contribution in [0.2, 0.25) is 0 Å². The first kappa shape index (κ1) is 72.9. The third kappa shape index (κ3) is 28.2. The number of thiol groups is 1. The maximum Gasteiger partial charge on any atom is 0.327 e. The van der Waals surface area contributed by atoms with Crippen LogP contribution in [-0.4, -0.2) is 163 Å². The minimum absolute atomic E-state index is 0.0112. The van der Waals surface area contributed by atoms with E-state index >= 15 is 0 Å². The van der Waals surface area contributed by atoms with Crippen LogP contribution in [0, 0.1) is 17.8 Å². The summed E-state index contributed by atoms with van der Waals surface area (Å²) in [7, 11) is 0. The van der Waals surface area contributed by atoms with Crippen molar-refractivity contribution in [2.45, 2.75) is 133 Å². The summed E-state index contributed by atoms with van der Waals surface area (Å²) in [6.07, 6.45) is -7.89. The lowest BCUT2D eigenvalue weighted by molar-refractivity contribution is -0.145. The van der Waals surface area contributed by atoms with Gasteiger partial charge in [-0.1, -0.05) is 91.0 Å². The zero-order chi connectivity index (χ0) is 65.3. The Balaban J connectivity index is 1.69. The quantitative estimate of drug-likeness (QED) is 0.0213. The number of Topliss-reactive ketones (excluding diaryl/α,β-unsaturated/α-hetero) is 4. The van der Waals surface area contributed by atoms with Gasteiger partial charge in [-0.05, 0) is 55.2 Å². The van der Waals surface area contributed by atoms with E-state index in [1.165, 1.54) is 0 Å². The number of rotatable bonds is 44. The summed E-state index contributed by atoms with van der Waals surface area (Å²) < 4.78 is 4.63. The fourth-order valence-electron chi connectivity index (χ4n) is 8.88. The number of amides is 6. The van der Waals surface area contributed by atoms with Crippen LogP contribution < -0.4 is 37.6 Å². The van der Waals surface area contributed by atoms with Crippen molar-refractivity contribution in [1.82, 2.24) is 31.9 Å². The molecule has 0 fully saturated rings. The minimum Gasteiger partial charge on any atom is -0.481 e.